The average molecular weight is 511 g/mol. The Hall–Kier alpha value is -4.80. The molecule has 0 spiro atoms. The van der Waals surface area contributed by atoms with Gasteiger partial charge in [0.25, 0.3) is 5.91 Å². The number of piperidine rings is 1. The van der Waals surface area contributed by atoms with Crippen LogP contribution in [0.2, 0.25) is 0 Å². The minimum absolute atomic E-state index is 0.00259. The number of rotatable bonds is 6. The van der Waals surface area contributed by atoms with E-state index in [2.05, 4.69) is 26.8 Å². The first-order valence-corrected chi connectivity index (χ1v) is 12.3. The van der Waals surface area contributed by atoms with Gasteiger partial charge in [-0.05, 0) is 55.2 Å². The number of hydrogen-bond donors (Lipinski definition) is 2. The van der Waals surface area contributed by atoms with Crippen LogP contribution < -0.4 is 15.8 Å². The normalized spacial score (nSPS) is 20.0. The number of anilines is 2. The molecule has 2 aliphatic rings. The fourth-order valence-electron chi connectivity index (χ4n) is 5.69. The third kappa shape index (κ3) is 3.83. The lowest BCUT2D eigenvalue weighted by Crippen LogP contribution is -2.42. The van der Waals surface area contributed by atoms with Gasteiger partial charge >= 0.3 is 0 Å². The lowest BCUT2D eigenvalue weighted by Gasteiger charge is -2.32. The number of amides is 2. The van der Waals surface area contributed by atoms with Gasteiger partial charge in [-0.2, -0.15) is 5.10 Å². The van der Waals surface area contributed by atoms with Crippen LogP contribution in [-0.2, 0) is 4.79 Å². The molecule has 4 heterocycles. The number of likely N-dealkylation sites (tertiary alicyclic amines) is 1. The number of nitrogens with one attached hydrogen (secondary N) is 1. The lowest BCUT2D eigenvalue weighted by atomic mass is 10.0. The molecule has 1 aromatic carbocycles. The van der Waals surface area contributed by atoms with E-state index in [-0.39, 0.29) is 29.7 Å². The molecule has 2 amide bonds. The first kappa shape index (κ1) is 23.6. The molecule has 3 aromatic heterocycles. The second kappa shape index (κ2) is 9.25. The van der Waals surface area contributed by atoms with Crippen LogP contribution in [0.15, 0.2) is 61.6 Å². The quantitative estimate of drug-likeness (QED) is 0.377. The van der Waals surface area contributed by atoms with Crippen LogP contribution in [-0.4, -0.2) is 61.1 Å². The molecular formula is C27H26N8O3. The summed E-state index contributed by atoms with van der Waals surface area (Å²) in [7, 11) is 1.53. The van der Waals surface area contributed by atoms with Crippen molar-refractivity contribution < 1.29 is 14.3 Å². The van der Waals surface area contributed by atoms with E-state index in [0.717, 1.165) is 19.4 Å². The van der Waals surface area contributed by atoms with Crippen molar-refractivity contribution in [1.29, 1.82) is 0 Å². The van der Waals surface area contributed by atoms with Gasteiger partial charge in [0.1, 0.15) is 29.4 Å². The highest BCUT2D eigenvalue weighted by molar-refractivity contribution is 6.05. The van der Waals surface area contributed by atoms with Crippen LogP contribution in [0.25, 0.3) is 22.3 Å². The highest BCUT2D eigenvalue weighted by Gasteiger charge is 2.48. The van der Waals surface area contributed by atoms with Gasteiger partial charge in [-0.3, -0.25) is 9.59 Å². The average Bonchev–Trinajstić information content (AvgIpc) is 3.66. The second-order valence-electron chi connectivity index (χ2n) is 9.50. The number of hydrogen-bond acceptors (Lipinski definition) is 8. The molecule has 0 radical (unpaired) electrons. The Kier molecular flexibility index (Phi) is 5.74. The van der Waals surface area contributed by atoms with E-state index in [9.17, 15) is 9.59 Å². The third-order valence-corrected chi connectivity index (χ3v) is 7.36. The molecule has 1 unspecified atom stereocenters. The third-order valence-electron chi connectivity index (χ3n) is 7.36. The van der Waals surface area contributed by atoms with Gasteiger partial charge in [0.2, 0.25) is 5.91 Å². The maximum Gasteiger partial charge on any atom is 0.256 e. The maximum absolute atomic E-state index is 12.9. The zero-order valence-corrected chi connectivity index (χ0v) is 20.7. The standard InChI is InChI=1S/C27H26N8O3/c1-3-22(36)34-13-15-10-18(34)19(11-15)35-26-23(25(28)30-14-31-26)24(33-35)17-8-7-16(12-20(17)38-2)27(37)32-21-6-4-5-9-29-21/h3-9,12,14-15,18-19H,1,10-11,13H2,2H3,(H2,28,30,31)(H,29,32,37)/t15-,18-,19?/m1/s1. The molecule has 3 atom stereocenters. The minimum atomic E-state index is -0.319. The number of pyridine rings is 1. The molecule has 6 rings (SSSR count). The van der Waals surface area contributed by atoms with Crippen LogP contribution in [0.1, 0.15) is 29.2 Å². The van der Waals surface area contributed by atoms with E-state index >= 15 is 0 Å². The first-order valence-electron chi connectivity index (χ1n) is 12.3. The summed E-state index contributed by atoms with van der Waals surface area (Å²) >= 11 is 0. The molecule has 4 aromatic rings. The van der Waals surface area contributed by atoms with Crippen molar-refractivity contribution >= 4 is 34.5 Å². The molecule has 1 saturated carbocycles. The molecule has 192 valence electrons. The number of carbonyl (C=O) groups is 2. The van der Waals surface area contributed by atoms with Gasteiger partial charge in [-0.25, -0.2) is 19.6 Å². The monoisotopic (exact) mass is 510 g/mol. The minimum Gasteiger partial charge on any atom is -0.496 e. The van der Waals surface area contributed by atoms with Gasteiger partial charge in [-0.15, -0.1) is 0 Å². The zero-order chi connectivity index (χ0) is 26.4. The summed E-state index contributed by atoms with van der Waals surface area (Å²) in [6.07, 6.45) is 6.18. The Balaban J connectivity index is 1.41. The number of aromatic nitrogens is 5. The smallest absolute Gasteiger partial charge is 0.256 e. The lowest BCUT2D eigenvalue weighted by molar-refractivity contribution is -0.128. The van der Waals surface area contributed by atoms with Crippen LogP contribution in [0.5, 0.6) is 5.75 Å². The van der Waals surface area contributed by atoms with Crippen molar-refractivity contribution in [1.82, 2.24) is 29.6 Å². The SMILES string of the molecule is C=CC(=O)N1C[C@H]2CC(n3nc(-c4ccc(C(=O)Nc5ccccn5)cc4OC)c4c(N)ncnc43)[C@H]1C2. The van der Waals surface area contributed by atoms with E-state index in [4.69, 9.17) is 15.6 Å². The summed E-state index contributed by atoms with van der Waals surface area (Å²) in [4.78, 5) is 40.1. The summed E-state index contributed by atoms with van der Waals surface area (Å²) in [6, 6.07) is 10.4. The summed E-state index contributed by atoms with van der Waals surface area (Å²) in [6.45, 7) is 4.38. The summed E-state index contributed by atoms with van der Waals surface area (Å²) in [5.41, 5.74) is 8.53. The van der Waals surface area contributed by atoms with Crippen molar-refractivity contribution in [3.8, 4) is 17.0 Å². The Bertz CT molecular complexity index is 1570. The van der Waals surface area contributed by atoms with Crippen molar-refractivity contribution in [2.45, 2.75) is 24.9 Å². The molecule has 2 fully saturated rings. The van der Waals surface area contributed by atoms with Crippen LogP contribution in [0.4, 0.5) is 11.6 Å². The zero-order valence-electron chi connectivity index (χ0n) is 20.7. The van der Waals surface area contributed by atoms with Gasteiger partial charge in [0, 0.05) is 23.9 Å². The van der Waals surface area contributed by atoms with E-state index in [1.54, 1.807) is 42.6 Å². The number of ether oxygens (including phenoxy) is 1. The van der Waals surface area contributed by atoms with Crippen molar-refractivity contribution in [3.63, 3.8) is 0 Å². The summed E-state index contributed by atoms with van der Waals surface area (Å²) in [5.74, 6) is 1.18. The summed E-state index contributed by atoms with van der Waals surface area (Å²) in [5, 5.41) is 8.35. The van der Waals surface area contributed by atoms with E-state index in [1.165, 1.54) is 19.5 Å². The van der Waals surface area contributed by atoms with E-state index < -0.39 is 0 Å². The fraction of sp³-hybridized carbons (Fsp3) is 0.259. The van der Waals surface area contributed by atoms with Crippen LogP contribution >= 0.6 is 0 Å². The Morgan fingerprint density at radius 3 is 2.74 bits per heavy atom. The largest absolute Gasteiger partial charge is 0.496 e. The van der Waals surface area contributed by atoms with Gasteiger partial charge < -0.3 is 20.7 Å². The first-order chi connectivity index (χ1) is 18.5. The molecule has 1 aliphatic heterocycles. The molecule has 11 nitrogen and oxygen atoms in total. The molecule has 1 saturated heterocycles. The van der Waals surface area contributed by atoms with Gasteiger partial charge in [-0.1, -0.05) is 12.6 Å². The number of nitrogens with zero attached hydrogens (tertiary/aromatic N) is 6. The van der Waals surface area contributed by atoms with E-state index in [0.29, 0.717) is 45.3 Å². The Morgan fingerprint density at radius 1 is 1.16 bits per heavy atom. The van der Waals surface area contributed by atoms with Crippen LogP contribution in [0, 0.1) is 5.92 Å². The van der Waals surface area contributed by atoms with Crippen molar-refractivity contribution in [2.24, 2.45) is 5.92 Å². The van der Waals surface area contributed by atoms with Crippen molar-refractivity contribution in [3.05, 3.63) is 67.1 Å². The molecule has 2 bridgehead atoms. The molecule has 3 N–H and O–H groups in total. The number of methoxy groups -OCH3 is 1. The highest BCUT2D eigenvalue weighted by atomic mass is 16.5. The molecule has 1 aliphatic carbocycles. The highest BCUT2D eigenvalue weighted by Crippen LogP contribution is 2.46. The topological polar surface area (TPSA) is 141 Å². The van der Waals surface area contributed by atoms with E-state index in [1.807, 2.05) is 9.58 Å². The number of benzene rings is 1. The van der Waals surface area contributed by atoms with Crippen LogP contribution in [0.3, 0.4) is 0 Å². The molecular weight excluding hydrogens is 484 g/mol. The predicted octanol–water partition coefficient (Wildman–Crippen LogP) is 3.08. The Labute approximate surface area is 218 Å². The molecule has 38 heavy (non-hydrogen) atoms. The number of nitrogen functional groups attached to an aromatic ring is 1. The number of nitrogens with two attached hydrogens (primary N) is 1. The fourth-order valence-corrected chi connectivity index (χ4v) is 5.69. The maximum atomic E-state index is 12.9. The number of carbonyl (C=O) groups excluding carboxylic acids is 2. The van der Waals surface area contributed by atoms with Gasteiger partial charge in [0.15, 0.2) is 5.65 Å². The Morgan fingerprint density at radius 2 is 2.00 bits per heavy atom. The van der Waals surface area contributed by atoms with Gasteiger partial charge in [0.05, 0.1) is 24.6 Å². The number of fused-ring (bicyclic) bond motifs is 3. The second-order valence-corrected chi connectivity index (χ2v) is 9.50. The molecule has 11 heteroatoms. The predicted molar refractivity (Wildman–Crippen MR) is 141 cm³/mol. The van der Waals surface area contributed by atoms with Crippen molar-refractivity contribution in [2.75, 3.05) is 24.7 Å². The summed E-state index contributed by atoms with van der Waals surface area (Å²) < 4.78 is 7.56.